The molecule has 0 aromatic carbocycles. The maximum Gasteiger partial charge on any atom is 0.152 e. The van der Waals surface area contributed by atoms with Crippen LogP contribution in [0.1, 0.15) is 19.0 Å². The fraction of sp³-hybridized carbons (Fsp3) is 0.667. The lowest BCUT2D eigenvalue weighted by atomic mass is 10.3. The lowest BCUT2D eigenvalue weighted by Gasteiger charge is -2.20. The van der Waals surface area contributed by atoms with E-state index in [0.29, 0.717) is 19.5 Å². The zero-order valence-electron chi connectivity index (χ0n) is 11.2. The number of nitrogens with zero attached hydrogens (tertiary/aromatic N) is 3. The van der Waals surface area contributed by atoms with E-state index in [1.807, 2.05) is 24.0 Å². The third-order valence-electron chi connectivity index (χ3n) is 3.14. The molecule has 0 radical (unpaired) electrons. The van der Waals surface area contributed by atoms with Gasteiger partial charge in [0.2, 0.25) is 0 Å². The van der Waals surface area contributed by atoms with Gasteiger partial charge in [0.25, 0.3) is 0 Å². The van der Waals surface area contributed by atoms with Crippen molar-refractivity contribution in [2.45, 2.75) is 19.9 Å². The number of hydrogen-bond donors (Lipinski definition) is 1. The Morgan fingerprint density at radius 2 is 2.11 bits per heavy atom. The monoisotopic (exact) mass is 284 g/mol. The summed E-state index contributed by atoms with van der Waals surface area (Å²) in [4.78, 5) is 1.99. The molecule has 19 heavy (non-hydrogen) atoms. The van der Waals surface area contributed by atoms with Gasteiger partial charge < -0.3 is 10.2 Å². The molecule has 0 saturated carbocycles. The van der Waals surface area contributed by atoms with Gasteiger partial charge in [-0.15, -0.1) is 5.10 Å². The van der Waals surface area contributed by atoms with Gasteiger partial charge in [-0.1, -0.05) is 6.92 Å². The van der Waals surface area contributed by atoms with Crippen LogP contribution >= 0.6 is 0 Å². The molecule has 2 rings (SSSR count). The number of aromatic nitrogens is 2. The Morgan fingerprint density at radius 1 is 1.26 bits per heavy atom. The molecule has 2 heterocycles. The predicted octanol–water partition coefficient (Wildman–Crippen LogP) is 0.211. The molecule has 1 aromatic heterocycles. The number of rotatable bonds is 4. The third-order valence-corrected chi connectivity index (χ3v) is 4.86. The van der Waals surface area contributed by atoms with Gasteiger partial charge in [-0.3, -0.25) is 0 Å². The second-order valence-corrected chi connectivity index (χ2v) is 6.96. The van der Waals surface area contributed by atoms with Gasteiger partial charge >= 0.3 is 0 Å². The lowest BCUT2D eigenvalue weighted by molar-refractivity contribution is 0.597. The molecular weight excluding hydrogens is 264 g/mol. The van der Waals surface area contributed by atoms with Crippen LogP contribution in [-0.4, -0.2) is 49.8 Å². The minimum absolute atomic E-state index is 0.202. The summed E-state index contributed by atoms with van der Waals surface area (Å²) >= 11 is 0. The van der Waals surface area contributed by atoms with Gasteiger partial charge in [-0.25, -0.2) is 8.42 Å². The van der Waals surface area contributed by atoms with Gasteiger partial charge in [0.1, 0.15) is 0 Å². The number of nitrogens with one attached hydrogen (secondary N) is 1. The van der Waals surface area contributed by atoms with Crippen LogP contribution in [0.15, 0.2) is 12.1 Å². The van der Waals surface area contributed by atoms with Crippen LogP contribution in [0.3, 0.4) is 0 Å². The minimum atomic E-state index is -2.88. The molecule has 0 aliphatic carbocycles. The molecule has 6 nitrogen and oxygen atoms in total. The van der Waals surface area contributed by atoms with Crippen molar-refractivity contribution < 1.29 is 8.42 Å². The molecule has 1 fully saturated rings. The third kappa shape index (κ3) is 4.14. The highest BCUT2D eigenvalue weighted by Gasteiger charge is 2.20. The van der Waals surface area contributed by atoms with Gasteiger partial charge in [-0.05, 0) is 25.1 Å². The van der Waals surface area contributed by atoms with Crippen molar-refractivity contribution in [2.75, 3.05) is 36.0 Å². The van der Waals surface area contributed by atoms with E-state index >= 15 is 0 Å². The van der Waals surface area contributed by atoms with Gasteiger partial charge in [-0.2, -0.15) is 5.10 Å². The molecule has 7 heteroatoms. The Balaban J connectivity index is 2.01. The maximum absolute atomic E-state index is 11.5. The van der Waals surface area contributed by atoms with E-state index in [1.54, 1.807) is 0 Å². The quantitative estimate of drug-likeness (QED) is 0.852. The summed E-state index contributed by atoms with van der Waals surface area (Å²) < 4.78 is 23.1. The first-order valence-electron chi connectivity index (χ1n) is 6.59. The molecule has 1 aliphatic rings. The number of hydrogen-bond acceptors (Lipinski definition) is 6. The molecule has 0 spiro atoms. The summed E-state index contributed by atoms with van der Waals surface area (Å²) in [5, 5.41) is 11.5. The molecule has 0 bridgehead atoms. The van der Waals surface area contributed by atoms with Crippen LogP contribution in [0, 0.1) is 0 Å². The predicted molar refractivity (Wildman–Crippen MR) is 74.9 cm³/mol. The summed E-state index contributed by atoms with van der Waals surface area (Å²) in [6, 6.07) is 3.85. The molecule has 1 aliphatic heterocycles. The van der Waals surface area contributed by atoms with E-state index in [0.717, 1.165) is 24.6 Å². The Hall–Kier alpha value is -1.21. The molecule has 1 N–H and O–H groups in total. The van der Waals surface area contributed by atoms with Gasteiger partial charge in [0.05, 0.1) is 17.2 Å². The second-order valence-electron chi connectivity index (χ2n) is 4.66. The van der Waals surface area contributed by atoms with Crippen LogP contribution < -0.4 is 10.2 Å². The SMILES string of the molecule is CCNCc1ccc(N2CCCS(=O)(=O)CC2)nn1. The van der Waals surface area contributed by atoms with Crippen LogP contribution in [0.25, 0.3) is 0 Å². The molecule has 0 unspecified atom stereocenters. The van der Waals surface area contributed by atoms with E-state index in [-0.39, 0.29) is 11.5 Å². The van der Waals surface area contributed by atoms with Crippen molar-refractivity contribution in [1.82, 2.24) is 15.5 Å². The first-order chi connectivity index (χ1) is 9.11. The second kappa shape index (κ2) is 6.29. The largest absolute Gasteiger partial charge is 0.354 e. The van der Waals surface area contributed by atoms with Crippen molar-refractivity contribution in [3.8, 4) is 0 Å². The highest BCUT2D eigenvalue weighted by Crippen LogP contribution is 2.13. The minimum Gasteiger partial charge on any atom is -0.354 e. The summed E-state index contributed by atoms with van der Waals surface area (Å²) in [5.74, 6) is 1.24. The van der Waals surface area contributed by atoms with E-state index in [1.165, 1.54) is 0 Å². The number of anilines is 1. The van der Waals surface area contributed by atoms with Crippen molar-refractivity contribution >= 4 is 15.7 Å². The topological polar surface area (TPSA) is 75.2 Å². The van der Waals surface area contributed by atoms with E-state index in [4.69, 9.17) is 0 Å². The van der Waals surface area contributed by atoms with Crippen LogP contribution in [0.5, 0.6) is 0 Å². The van der Waals surface area contributed by atoms with Crippen LogP contribution in [0.4, 0.5) is 5.82 Å². The summed E-state index contributed by atoms with van der Waals surface area (Å²) in [5.41, 5.74) is 0.896. The number of sulfone groups is 1. The zero-order chi connectivity index (χ0) is 13.7. The highest BCUT2D eigenvalue weighted by atomic mass is 32.2. The van der Waals surface area contributed by atoms with Crippen LogP contribution in [-0.2, 0) is 16.4 Å². The summed E-state index contributed by atoms with van der Waals surface area (Å²) in [6.45, 7) is 4.87. The fourth-order valence-electron chi connectivity index (χ4n) is 2.04. The van der Waals surface area contributed by atoms with Crippen molar-refractivity contribution in [1.29, 1.82) is 0 Å². The first-order valence-corrected chi connectivity index (χ1v) is 8.41. The van der Waals surface area contributed by atoms with Crippen molar-refractivity contribution in [3.63, 3.8) is 0 Å². The Labute approximate surface area is 114 Å². The molecule has 0 atom stereocenters. The smallest absolute Gasteiger partial charge is 0.152 e. The highest BCUT2D eigenvalue weighted by molar-refractivity contribution is 7.91. The fourth-order valence-corrected chi connectivity index (χ4v) is 3.31. The summed E-state index contributed by atoms with van der Waals surface area (Å²) in [6.07, 6.45) is 0.656. The lowest BCUT2D eigenvalue weighted by Crippen LogP contribution is -2.28. The first kappa shape index (κ1) is 14.2. The molecule has 1 aromatic rings. The molecule has 1 saturated heterocycles. The summed E-state index contributed by atoms with van der Waals surface area (Å²) in [7, 11) is -2.88. The van der Waals surface area contributed by atoms with Gasteiger partial charge in [0.15, 0.2) is 15.7 Å². The molecule has 106 valence electrons. The Morgan fingerprint density at radius 3 is 2.79 bits per heavy atom. The average molecular weight is 284 g/mol. The molecule has 0 amide bonds. The zero-order valence-corrected chi connectivity index (χ0v) is 12.0. The van der Waals surface area contributed by atoms with Crippen molar-refractivity contribution in [2.24, 2.45) is 0 Å². The average Bonchev–Trinajstić information content (AvgIpc) is 2.58. The van der Waals surface area contributed by atoms with E-state index in [9.17, 15) is 8.42 Å². The maximum atomic E-state index is 11.5. The van der Waals surface area contributed by atoms with Gasteiger partial charge in [0, 0.05) is 19.6 Å². The Bertz CT molecular complexity index is 501. The Kier molecular flexibility index (Phi) is 4.71. The molecular formula is C12H20N4O2S. The van der Waals surface area contributed by atoms with E-state index < -0.39 is 9.84 Å². The van der Waals surface area contributed by atoms with E-state index in [2.05, 4.69) is 15.5 Å². The standard InChI is InChI=1S/C12H20N4O2S/c1-2-13-10-11-4-5-12(15-14-11)16-6-3-8-19(17,18)9-7-16/h4-5,13H,2-3,6-10H2,1H3. The van der Waals surface area contributed by atoms with Crippen LogP contribution in [0.2, 0.25) is 0 Å². The normalized spacial score (nSPS) is 19.1. The van der Waals surface area contributed by atoms with Crippen molar-refractivity contribution in [3.05, 3.63) is 17.8 Å².